The Morgan fingerprint density at radius 3 is 2.94 bits per heavy atom. The molecule has 3 aromatic heterocycles. The molecule has 1 aliphatic carbocycles. The van der Waals surface area contributed by atoms with Crippen LogP contribution in [0.5, 0.6) is 5.88 Å². The Hall–Kier alpha value is -3.16. The fourth-order valence-electron chi connectivity index (χ4n) is 3.83. The van der Waals surface area contributed by atoms with Gasteiger partial charge in [-0.2, -0.15) is 0 Å². The zero-order valence-corrected chi connectivity index (χ0v) is 20.7. The van der Waals surface area contributed by atoms with Crippen molar-refractivity contribution in [1.82, 2.24) is 30.2 Å². The Bertz CT molecular complexity index is 1330. The molecule has 3 aromatic rings. The first-order valence-corrected chi connectivity index (χ1v) is 13.7. The van der Waals surface area contributed by atoms with Crippen molar-refractivity contribution in [1.29, 1.82) is 0 Å². The molecule has 2 aliphatic rings. The number of amides is 1. The highest BCUT2D eigenvalue weighted by Gasteiger charge is 2.36. The Kier molecular flexibility index (Phi) is 6.62. The fraction of sp³-hybridized carbons (Fsp3) is 0.409. The van der Waals surface area contributed by atoms with Crippen molar-refractivity contribution in [2.75, 3.05) is 31.0 Å². The number of sulfonamides is 1. The van der Waals surface area contributed by atoms with Gasteiger partial charge in [-0.25, -0.2) is 18.4 Å². The molecule has 1 aliphatic heterocycles. The summed E-state index contributed by atoms with van der Waals surface area (Å²) in [5, 5.41) is 3.30. The van der Waals surface area contributed by atoms with Crippen LogP contribution in [0.4, 0.5) is 5.69 Å². The maximum Gasteiger partial charge on any atom is 0.283 e. The SMILES string of the molecule is CCOc1cncc(-c2cnc(C(=O)N3CCNC[C@@H]3c3cc(NS(=O)(=O)C4CC4)ccn3)s2)n1. The highest BCUT2D eigenvalue weighted by Crippen LogP contribution is 2.32. The summed E-state index contributed by atoms with van der Waals surface area (Å²) >= 11 is 1.24. The maximum atomic E-state index is 13.5. The molecule has 0 spiro atoms. The molecule has 2 N–H and O–H groups in total. The second kappa shape index (κ2) is 9.84. The smallest absolute Gasteiger partial charge is 0.283 e. The van der Waals surface area contributed by atoms with Crippen LogP contribution in [-0.4, -0.2) is 70.7 Å². The molecule has 1 saturated heterocycles. The number of rotatable bonds is 8. The minimum Gasteiger partial charge on any atom is -0.477 e. The van der Waals surface area contributed by atoms with Gasteiger partial charge in [-0.3, -0.25) is 19.5 Å². The van der Waals surface area contributed by atoms with Crippen molar-refractivity contribution in [3.63, 3.8) is 0 Å². The van der Waals surface area contributed by atoms with Crippen LogP contribution in [0.3, 0.4) is 0 Å². The van der Waals surface area contributed by atoms with Gasteiger partial charge < -0.3 is 15.0 Å². The lowest BCUT2D eigenvalue weighted by atomic mass is 10.1. The van der Waals surface area contributed by atoms with Crippen LogP contribution >= 0.6 is 11.3 Å². The number of hydrogen-bond donors (Lipinski definition) is 2. The van der Waals surface area contributed by atoms with Crippen LogP contribution in [0.2, 0.25) is 0 Å². The predicted molar refractivity (Wildman–Crippen MR) is 131 cm³/mol. The molecule has 184 valence electrons. The Labute approximate surface area is 207 Å². The number of carbonyl (C=O) groups is 1. The number of piperazine rings is 1. The molecule has 0 aromatic carbocycles. The minimum absolute atomic E-state index is 0.215. The van der Waals surface area contributed by atoms with Crippen molar-refractivity contribution in [2.24, 2.45) is 0 Å². The fourth-order valence-corrected chi connectivity index (χ4v) is 6.04. The molecular weight excluding hydrogens is 490 g/mol. The molecule has 0 radical (unpaired) electrons. The van der Waals surface area contributed by atoms with Crippen LogP contribution in [-0.2, 0) is 10.0 Å². The number of aromatic nitrogens is 4. The van der Waals surface area contributed by atoms with E-state index in [9.17, 15) is 13.2 Å². The summed E-state index contributed by atoms with van der Waals surface area (Å²) in [6.07, 6.45) is 7.68. The molecule has 0 bridgehead atoms. The topological polar surface area (TPSA) is 139 Å². The van der Waals surface area contributed by atoms with Gasteiger partial charge in [0.1, 0.15) is 5.69 Å². The summed E-state index contributed by atoms with van der Waals surface area (Å²) < 4.78 is 32.8. The van der Waals surface area contributed by atoms with Crippen molar-refractivity contribution in [2.45, 2.75) is 31.1 Å². The van der Waals surface area contributed by atoms with Gasteiger partial charge in [-0.15, -0.1) is 11.3 Å². The van der Waals surface area contributed by atoms with Gasteiger partial charge in [0.05, 0.1) is 46.6 Å². The minimum atomic E-state index is -3.39. The molecule has 4 heterocycles. The van der Waals surface area contributed by atoms with Crippen molar-refractivity contribution < 1.29 is 17.9 Å². The zero-order valence-electron chi connectivity index (χ0n) is 19.0. The number of nitrogens with one attached hydrogen (secondary N) is 2. The second-order valence-electron chi connectivity index (χ2n) is 8.24. The lowest BCUT2D eigenvalue weighted by Crippen LogP contribution is -2.49. The van der Waals surface area contributed by atoms with Crippen LogP contribution in [0.15, 0.2) is 36.9 Å². The normalized spacial score (nSPS) is 18.3. The van der Waals surface area contributed by atoms with Gasteiger partial charge in [-0.1, -0.05) is 0 Å². The van der Waals surface area contributed by atoms with Crippen molar-refractivity contribution >= 4 is 33.0 Å². The Balaban J connectivity index is 1.36. The quantitative estimate of drug-likeness (QED) is 0.461. The molecule has 13 heteroatoms. The van der Waals surface area contributed by atoms with E-state index in [4.69, 9.17) is 4.74 Å². The third kappa shape index (κ3) is 5.26. The molecule has 2 fully saturated rings. The lowest BCUT2D eigenvalue weighted by Gasteiger charge is -2.35. The largest absolute Gasteiger partial charge is 0.477 e. The highest BCUT2D eigenvalue weighted by atomic mass is 32.2. The van der Waals surface area contributed by atoms with Crippen molar-refractivity contribution in [3.8, 4) is 16.5 Å². The third-order valence-electron chi connectivity index (χ3n) is 5.70. The Morgan fingerprint density at radius 1 is 1.29 bits per heavy atom. The first kappa shape index (κ1) is 23.6. The summed E-state index contributed by atoms with van der Waals surface area (Å²) in [6, 6.07) is 2.95. The van der Waals surface area contributed by atoms with Crippen LogP contribution in [0.1, 0.15) is 41.3 Å². The molecule has 11 nitrogen and oxygen atoms in total. The van der Waals surface area contributed by atoms with Gasteiger partial charge in [0.15, 0.2) is 5.01 Å². The van der Waals surface area contributed by atoms with Gasteiger partial charge in [0.25, 0.3) is 5.91 Å². The summed E-state index contributed by atoms with van der Waals surface area (Å²) in [5.41, 5.74) is 1.64. The van der Waals surface area contributed by atoms with Gasteiger partial charge >= 0.3 is 0 Å². The van der Waals surface area contributed by atoms with E-state index in [-0.39, 0.29) is 17.2 Å². The summed E-state index contributed by atoms with van der Waals surface area (Å²) in [7, 11) is -3.39. The first-order chi connectivity index (χ1) is 16.9. The zero-order chi connectivity index (χ0) is 24.4. The number of hydrogen-bond acceptors (Lipinski definition) is 10. The Morgan fingerprint density at radius 2 is 2.14 bits per heavy atom. The van der Waals surface area contributed by atoms with E-state index in [2.05, 4.69) is 30.0 Å². The molecule has 5 rings (SSSR count). The van der Waals surface area contributed by atoms with E-state index >= 15 is 0 Å². The standard InChI is InChI=1S/C22H25N7O4S2/c1-2-33-20-13-24-10-17(27-20)19-12-26-21(34-19)22(30)29-8-7-23-11-18(29)16-9-14(5-6-25-16)28-35(31,32)15-3-4-15/h5-6,9-10,12-13,15,18,23H,2-4,7-8,11H2,1H3,(H,25,28)/t18-/m1/s1. The molecule has 1 saturated carbocycles. The third-order valence-corrected chi connectivity index (χ3v) is 8.57. The van der Waals surface area contributed by atoms with Gasteiger partial charge in [0, 0.05) is 32.0 Å². The average Bonchev–Trinajstić information content (AvgIpc) is 3.62. The van der Waals surface area contributed by atoms with E-state index in [1.165, 1.54) is 17.5 Å². The van der Waals surface area contributed by atoms with Crippen LogP contribution in [0.25, 0.3) is 10.6 Å². The van der Waals surface area contributed by atoms with E-state index in [0.29, 0.717) is 71.9 Å². The number of ether oxygens (including phenoxy) is 1. The number of anilines is 1. The number of nitrogens with zero attached hydrogens (tertiary/aromatic N) is 5. The molecule has 0 unspecified atom stereocenters. The molecular formula is C22H25N7O4S2. The van der Waals surface area contributed by atoms with Gasteiger partial charge in [0.2, 0.25) is 15.9 Å². The monoisotopic (exact) mass is 515 g/mol. The predicted octanol–water partition coefficient (Wildman–Crippen LogP) is 2.08. The number of thiazole rings is 1. The average molecular weight is 516 g/mol. The maximum absolute atomic E-state index is 13.5. The molecule has 35 heavy (non-hydrogen) atoms. The summed E-state index contributed by atoms with van der Waals surface area (Å²) in [5.74, 6) is 0.198. The summed E-state index contributed by atoms with van der Waals surface area (Å²) in [4.78, 5) is 33.3. The second-order valence-corrected chi connectivity index (χ2v) is 11.2. The number of carbonyl (C=O) groups excluding carboxylic acids is 1. The summed E-state index contributed by atoms with van der Waals surface area (Å²) in [6.45, 7) is 3.95. The highest BCUT2D eigenvalue weighted by molar-refractivity contribution is 7.93. The van der Waals surface area contributed by atoms with E-state index in [0.717, 1.165) is 0 Å². The lowest BCUT2D eigenvalue weighted by molar-refractivity contribution is 0.0629. The van der Waals surface area contributed by atoms with Gasteiger partial charge in [-0.05, 0) is 31.9 Å². The van der Waals surface area contributed by atoms with Crippen LogP contribution in [0, 0.1) is 0 Å². The number of pyridine rings is 1. The van der Waals surface area contributed by atoms with Crippen LogP contribution < -0.4 is 14.8 Å². The van der Waals surface area contributed by atoms with E-state index in [1.54, 1.807) is 35.6 Å². The van der Waals surface area contributed by atoms with E-state index < -0.39 is 10.0 Å². The molecule has 1 atom stereocenters. The first-order valence-electron chi connectivity index (χ1n) is 11.3. The molecule has 1 amide bonds. The van der Waals surface area contributed by atoms with Crippen molar-refractivity contribution in [3.05, 3.63) is 47.6 Å². The van der Waals surface area contributed by atoms with E-state index in [1.807, 2.05) is 6.92 Å².